The fourth-order valence-electron chi connectivity index (χ4n) is 1.40. The minimum atomic E-state index is 0.759. The van der Waals surface area contributed by atoms with Crippen molar-refractivity contribution in [3.8, 4) is 0 Å². The van der Waals surface area contributed by atoms with Gasteiger partial charge in [-0.05, 0) is 29.3 Å². The summed E-state index contributed by atoms with van der Waals surface area (Å²) in [4.78, 5) is 0. The monoisotopic (exact) mass is 229 g/mol. The first-order valence-electron chi connectivity index (χ1n) is 5.04. The summed E-state index contributed by atoms with van der Waals surface area (Å²) in [6, 6.07) is 15.5. The lowest BCUT2D eigenvalue weighted by Gasteiger charge is -1.97. The van der Waals surface area contributed by atoms with Crippen LogP contribution in [0.15, 0.2) is 48.5 Å². The standard InChI is InChI=1S/C14H12ClN/c15-14-4-2-1-3-12(14)8-5-11-6-9-13(16)10-7-11/h1-10H,16H2/b8-5+. The zero-order valence-electron chi connectivity index (χ0n) is 8.73. The van der Waals surface area contributed by atoms with Crippen molar-refractivity contribution in [1.82, 2.24) is 0 Å². The van der Waals surface area contributed by atoms with Gasteiger partial charge in [0.2, 0.25) is 0 Å². The van der Waals surface area contributed by atoms with E-state index >= 15 is 0 Å². The summed E-state index contributed by atoms with van der Waals surface area (Å²) >= 11 is 6.04. The Kier molecular flexibility index (Phi) is 3.28. The second-order valence-electron chi connectivity index (χ2n) is 3.52. The van der Waals surface area contributed by atoms with Crippen LogP contribution in [0.3, 0.4) is 0 Å². The molecule has 2 heteroatoms. The number of hydrogen-bond acceptors (Lipinski definition) is 1. The highest BCUT2D eigenvalue weighted by molar-refractivity contribution is 6.32. The van der Waals surface area contributed by atoms with E-state index in [2.05, 4.69) is 0 Å². The number of anilines is 1. The molecular weight excluding hydrogens is 218 g/mol. The molecule has 2 aromatic rings. The van der Waals surface area contributed by atoms with Crippen molar-refractivity contribution in [2.45, 2.75) is 0 Å². The summed E-state index contributed by atoms with van der Waals surface area (Å²) < 4.78 is 0. The van der Waals surface area contributed by atoms with Crippen LogP contribution in [0.1, 0.15) is 11.1 Å². The Morgan fingerprint density at radius 1 is 0.875 bits per heavy atom. The Hall–Kier alpha value is -1.73. The Morgan fingerprint density at radius 3 is 2.25 bits per heavy atom. The van der Waals surface area contributed by atoms with Crippen molar-refractivity contribution < 1.29 is 0 Å². The van der Waals surface area contributed by atoms with Crippen LogP contribution in [0, 0.1) is 0 Å². The molecule has 0 spiro atoms. The van der Waals surface area contributed by atoms with Gasteiger partial charge in [-0.1, -0.05) is 54.1 Å². The van der Waals surface area contributed by atoms with Gasteiger partial charge in [-0.25, -0.2) is 0 Å². The van der Waals surface area contributed by atoms with Crippen LogP contribution in [0.25, 0.3) is 12.2 Å². The van der Waals surface area contributed by atoms with Gasteiger partial charge in [-0.3, -0.25) is 0 Å². The molecule has 2 aromatic carbocycles. The molecular formula is C14H12ClN. The Bertz CT molecular complexity index is 500. The lowest BCUT2D eigenvalue weighted by Crippen LogP contribution is -1.82. The molecule has 2 rings (SSSR count). The predicted molar refractivity (Wildman–Crippen MR) is 71.2 cm³/mol. The average Bonchev–Trinajstić information content (AvgIpc) is 2.30. The van der Waals surface area contributed by atoms with E-state index in [0.717, 1.165) is 21.8 Å². The summed E-state index contributed by atoms with van der Waals surface area (Å²) in [5.41, 5.74) is 8.51. The van der Waals surface area contributed by atoms with E-state index in [-0.39, 0.29) is 0 Å². The molecule has 0 heterocycles. The van der Waals surface area contributed by atoms with Crippen LogP contribution >= 0.6 is 11.6 Å². The zero-order chi connectivity index (χ0) is 11.4. The van der Waals surface area contributed by atoms with Crippen molar-refractivity contribution >= 4 is 29.4 Å². The van der Waals surface area contributed by atoms with E-state index in [1.54, 1.807) is 0 Å². The third-order valence-electron chi connectivity index (χ3n) is 2.30. The number of rotatable bonds is 2. The van der Waals surface area contributed by atoms with E-state index in [1.807, 2.05) is 60.7 Å². The van der Waals surface area contributed by atoms with Crippen LogP contribution in [-0.2, 0) is 0 Å². The summed E-state index contributed by atoms with van der Waals surface area (Å²) in [6.45, 7) is 0. The van der Waals surface area contributed by atoms with Crippen molar-refractivity contribution in [3.63, 3.8) is 0 Å². The van der Waals surface area contributed by atoms with Crippen LogP contribution in [0.2, 0.25) is 5.02 Å². The fourth-order valence-corrected chi connectivity index (χ4v) is 1.60. The third-order valence-corrected chi connectivity index (χ3v) is 2.64. The highest BCUT2D eigenvalue weighted by atomic mass is 35.5. The molecule has 0 atom stereocenters. The second-order valence-corrected chi connectivity index (χ2v) is 3.93. The molecule has 0 amide bonds. The number of benzene rings is 2. The van der Waals surface area contributed by atoms with E-state index in [9.17, 15) is 0 Å². The van der Waals surface area contributed by atoms with Crippen LogP contribution in [-0.4, -0.2) is 0 Å². The Balaban J connectivity index is 2.21. The summed E-state index contributed by atoms with van der Waals surface area (Å²) in [5, 5.41) is 0.759. The van der Waals surface area contributed by atoms with E-state index in [1.165, 1.54) is 0 Å². The van der Waals surface area contributed by atoms with Gasteiger partial charge in [-0.15, -0.1) is 0 Å². The van der Waals surface area contributed by atoms with Crippen molar-refractivity contribution in [2.75, 3.05) is 5.73 Å². The molecule has 2 N–H and O–H groups in total. The molecule has 0 aliphatic carbocycles. The van der Waals surface area contributed by atoms with Gasteiger partial charge < -0.3 is 5.73 Å². The molecule has 0 saturated carbocycles. The lowest BCUT2D eigenvalue weighted by atomic mass is 10.1. The molecule has 0 aromatic heterocycles. The van der Waals surface area contributed by atoms with Gasteiger partial charge in [0.15, 0.2) is 0 Å². The van der Waals surface area contributed by atoms with Crippen molar-refractivity contribution in [2.24, 2.45) is 0 Å². The molecule has 0 fully saturated rings. The van der Waals surface area contributed by atoms with Gasteiger partial charge in [0, 0.05) is 10.7 Å². The largest absolute Gasteiger partial charge is 0.399 e. The number of nitrogen functional groups attached to an aromatic ring is 1. The van der Waals surface area contributed by atoms with Gasteiger partial charge in [0.1, 0.15) is 0 Å². The second kappa shape index (κ2) is 4.86. The molecule has 0 unspecified atom stereocenters. The van der Waals surface area contributed by atoms with Gasteiger partial charge in [0.25, 0.3) is 0 Å². The molecule has 0 aliphatic heterocycles. The van der Waals surface area contributed by atoms with E-state index < -0.39 is 0 Å². The molecule has 1 nitrogen and oxygen atoms in total. The molecule has 80 valence electrons. The first-order chi connectivity index (χ1) is 7.75. The maximum Gasteiger partial charge on any atom is 0.0478 e. The number of halogens is 1. The van der Waals surface area contributed by atoms with E-state index in [0.29, 0.717) is 0 Å². The van der Waals surface area contributed by atoms with Crippen molar-refractivity contribution in [3.05, 3.63) is 64.7 Å². The van der Waals surface area contributed by atoms with Crippen LogP contribution < -0.4 is 5.73 Å². The summed E-state index contributed by atoms with van der Waals surface area (Å²) in [6.07, 6.45) is 4.01. The van der Waals surface area contributed by atoms with Crippen LogP contribution in [0.5, 0.6) is 0 Å². The first-order valence-corrected chi connectivity index (χ1v) is 5.42. The van der Waals surface area contributed by atoms with Crippen molar-refractivity contribution in [1.29, 1.82) is 0 Å². The topological polar surface area (TPSA) is 26.0 Å². The first kappa shape index (κ1) is 10.8. The normalized spacial score (nSPS) is 10.8. The predicted octanol–water partition coefficient (Wildman–Crippen LogP) is 4.09. The van der Waals surface area contributed by atoms with Gasteiger partial charge in [-0.2, -0.15) is 0 Å². The SMILES string of the molecule is Nc1ccc(/C=C/c2ccccc2Cl)cc1. The van der Waals surface area contributed by atoms with Gasteiger partial charge in [0.05, 0.1) is 0 Å². The zero-order valence-corrected chi connectivity index (χ0v) is 9.48. The molecule has 0 saturated heterocycles. The molecule has 0 bridgehead atoms. The minimum Gasteiger partial charge on any atom is -0.399 e. The molecule has 0 aliphatic rings. The maximum absolute atomic E-state index is 6.04. The van der Waals surface area contributed by atoms with E-state index in [4.69, 9.17) is 17.3 Å². The number of nitrogens with two attached hydrogens (primary N) is 1. The third kappa shape index (κ3) is 2.65. The molecule has 16 heavy (non-hydrogen) atoms. The maximum atomic E-state index is 6.04. The Morgan fingerprint density at radius 2 is 1.56 bits per heavy atom. The van der Waals surface area contributed by atoms with Crippen LogP contribution in [0.4, 0.5) is 5.69 Å². The highest BCUT2D eigenvalue weighted by Gasteiger charge is 1.93. The Labute approximate surface area is 100 Å². The molecule has 0 radical (unpaired) electrons. The average molecular weight is 230 g/mol. The number of hydrogen-bond donors (Lipinski definition) is 1. The highest BCUT2D eigenvalue weighted by Crippen LogP contribution is 2.18. The minimum absolute atomic E-state index is 0.759. The smallest absolute Gasteiger partial charge is 0.0478 e. The lowest BCUT2D eigenvalue weighted by molar-refractivity contribution is 1.63. The van der Waals surface area contributed by atoms with Gasteiger partial charge >= 0.3 is 0 Å². The summed E-state index contributed by atoms with van der Waals surface area (Å²) in [7, 11) is 0. The summed E-state index contributed by atoms with van der Waals surface area (Å²) in [5.74, 6) is 0. The fraction of sp³-hybridized carbons (Fsp3) is 0. The quantitative estimate of drug-likeness (QED) is 0.609.